The van der Waals surface area contributed by atoms with E-state index in [2.05, 4.69) is 195 Å². The molecule has 1 aliphatic rings. The third kappa shape index (κ3) is 7.56. The molecule has 0 saturated heterocycles. The average Bonchev–Trinajstić information content (AvgIpc) is 3.90. The summed E-state index contributed by atoms with van der Waals surface area (Å²) in [5.74, 6) is 2.46. The second-order valence-corrected chi connectivity index (χ2v) is 18.7. The number of pyridine rings is 1. The van der Waals surface area contributed by atoms with E-state index in [0.29, 0.717) is 12.2 Å². The van der Waals surface area contributed by atoms with Crippen molar-refractivity contribution in [1.82, 2.24) is 9.55 Å². The molecular formula is C62H53FN4O. The predicted octanol–water partition coefficient (Wildman–Crippen LogP) is 17.2. The van der Waals surface area contributed by atoms with Crippen LogP contribution < -0.4 is 14.5 Å². The number of halogens is 1. The van der Waals surface area contributed by atoms with Gasteiger partial charge in [0.15, 0.2) is 0 Å². The number of aromatic nitrogens is 2. The van der Waals surface area contributed by atoms with Crippen LogP contribution in [0.2, 0.25) is 0 Å². The van der Waals surface area contributed by atoms with Crippen molar-refractivity contribution in [3.05, 3.63) is 216 Å². The van der Waals surface area contributed by atoms with Gasteiger partial charge in [-0.3, -0.25) is 4.57 Å². The van der Waals surface area contributed by atoms with Crippen molar-refractivity contribution >= 4 is 44.6 Å². The van der Waals surface area contributed by atoms with Crippen LogP contribution in [0.3, 0.4) is 0 Å². The number of fused-ring (bicyclic) bond motifs is 4. The van der Waals surface area contributed by atoms with Crippen LogP contribution in [0.15, 0.2) is 188 Å². The Kier molecular flexibility index (Phi) is 10.9. The fourth-order valence-electron chi connectivity index (χ4n) is 10.4. The second kappa shape index (κ2) is 17.4. The molecule has 1 aliphatic heterocycles. The lowest BCUT2D eigenvalue weighted by Crippen LogP contribution is -2.26. The van der Waals surface area contributed by atoms with Gasteiger partial charge in [-0.25, -0.2) is 9.37 Å². The summed E-state index contributed by atoms with van der Waals surface area (Å²) in [6.45, 7) is 13.9. The highest BCUT2D eigenvalue weighted by atomic mass is 19.1. The van der Waals surface area contributed by atoms with Gasteiger partial charge in [0.05, 0.1) is 22.4 Å². The van der Waals surface area contributed by atoms with Crippen molar-refractivity contribution in [3.63, 3.8) is 0 Å². The molecule has 3 heterocycles. The molecular weight excluding hydrogens is 836 g/mol. The minimum Gasteiger partial charge on any atom is -0.457 e. The van der Waals surface area contributed by atoms with Gasteiger partial charge in [0, 0.05) is 46.0 Å². The molecule has 8 aromatic carbocycles. The molecule has 5 nitrogen and oxygen atoms in total. The van der Waals surface area contributed by atoms with Gasteiger partial charge in [-0.2, -0.15) is 0 Å². The molecule has 0 aliphatic carbocycles. The molecule has 0 radical (unpaired) electrons. The summed E-state index contributed by atoms with van der Waals surface area (Å²) in [6.07, 6.45) is 1.84. The monoisotopic (exact) mass is 888 g/mol. The van der Waals surface area contributed by atoms with Gasteiger partial charge in [-0.15, -0.1) is 0 Å². The van der Waals surface area contributed by atoms with Gasteiger partial charge < -0.3 is 14.5 Å². The van der Waals surface area contributed by atoms with Crippen molar-refractivity contribution < 1.29 is 9.13 Å². The van der Waals surface area contributed by atoms with Gasteiger partial charge in [0.25, 0.3) is 0 Å². The highest BCUT2D eigenvalue weighted by Gasteiger charge is 2.33. The Morgan fingerprint density at radius 2 is 1.16 bits per heavy atom. The Balaban J connectivity index is 1.07. The van der Waals surface area contributed by atoms with Gasteiger partial charge in [0.2, 0.25) is 0 Å². The van der Waals surface area contributed by atoms with E-state index in [0.717, 1.165) is 67.3 Å². The first-order chi connectivity index (χ1) is 33.1. The topological polar surface area (TPSA) is 33.5 Å². The van der Waals surface area contributed by atoms with Crippen LogP contribution in [0.25, 0.3) is 61.0 Å². The van der Waals surface area contributed by atoms with Gasteiger partial charge >= 0.3 is 0 Å². The summed E-state index contributed by atoms with van der Waals surface area (Å²) in [5.41, 5.74) is 17.5. The second-order valence-electron chi connectivity index (χ2n) is 18.7. The molecule has 0 amide bonds. The average molecular weight is 889 g/mol. The maximum absolute atomic E-state index is 15.4. The van der Waals surface area contributed by atoms with Crippen LogP contribution in [0.5, 0.6) is 11.5 Å². The Labute approximate surface area is 398 Å². The summed E-state index contributed by atoms with van der Waals surface area (Å²) in [5, 5.41) is 2.30. The van der Waals surface area contributed by atoms with Crippen molar-refractivity contribution in [2.45, 2.75) is 53.4 Å². The predicted molar refractivity (Wildman–Crippen MR) is 281 cm³/mol. The number of rotatable bonds is 10. The van der Waals surface area contributed by atoms with E-state index >= 15 is 4.39 Å². The zero-order valence-corrected chi connectivity index (χ0v) is 39.3. The smallest absolute Gasteiger partial charge is 0.137 e. The van der Waals surface area contributed by atoms with Crippen LogP contribution in [0, 0.1) is 19.7 Å². The van der Waals surface area contributed by atoms with Crippen molar-refractivity contribution in [2.75, 3.05) is 16.5 Å². The molecule has 0 unspecified atom stereocenters. The van der Waals surface area contributed by atoms with Gasteiger partial charge in [-0.1, -0.05) is 125 Å². The Morgan fingerprint density at radius 3 is 1.87 bits per heavy atom. The van der Waals surface area contributed by atoms with E-state index in [9.17, 15) is 0 Å². The summed E-state index contributed by atoms with van der Waals surface area (Å²) in [6, 6.07) is 63.0. The van der Waals surface area contributed by atoms with E-state index < -0.39 is 0 Å². The lowest BCUT2D eigenvalue weighted by molar-refractivity contribution is 0.483. The minimum atomic E-state index is -0.212. The van der Waals surface area contributed by atoms with Gasteiger partial charge in [0.1, 0.15) is 29.8 Å². The molecule has 0 fully saturated rings. The maximum Gasteiger partial charge on any atom is 0.137 e. The molecule has 6 heteroatoms. The third-order valence-electron chi connectivity index (χ3n) is 13.5. The number of aryl methyl sites for hydroxylation is 2. The van der Waals surface area contributed by atoms with Crippen LogP contribution in [0.4, 0.5) is 27.1 Å². The van der Waals surface area contributed by atoms with E-state index in [1.807, 2.05) is 36.5 Å². The first-order valence-corrected chi connectivity index (χ1v) is 23.6. The quantitative estimate of drug-likeness (QED) is 0.137. The highest BCUT2D eigenvalue weighted by Crippen LogP contribution is 2.51. The summed E-state index contributed by atoms with van der Waals surface area (Å²) in [7, 11) is 0. The molecule has 0 saturated carbocycles. The maximum atomic E-state index is 15.4. The lowest BCUT2D eigenvalue weighted by Gasteiger charge is -2.30. The normalized spacial score (nSPS) is 12.5. The number of nitrogens with zero attached hydrogens (tertiary/aromatic N) is 4. The molecule has 68 heavy (non-hydrogen) atoms. The molecule has 0 atom stereocenters. The number of anilines is 4. The van der Waals surface area contributed by atoms with E-state index in [-0.39, 0.29) is 17.7 Å². The molecule has 334 valence electrons. The third-order valence-corrected chi connectivity index (χ3v) is 13.5. The zero-order chi connectivity index (χ0) is 46.6. The highest BCUT2D eigenvalue weighted by molar-refractivity contribution is 6.09. The van der Waals surface area contributed by atoms with Crippen molar-refractivity contribution in [3.8, 4) is 50.7 Å². The van der Waals surface area contributed by atoms with Crippen LogP contribution >= 0.6 is 0 Å². The molecule has 2 aromatic heterocycles. The van der Waals surface area contributed by atoms with E-state index in [1.54, 1.807) is 12.1 Å². The zero-order valence-electron chi connectivity index (χ0n) is 39.3. The fraction of sp³-hybridized carbons (Fsp3) is 0.145. The summed E-state index contributed by atoms with van der Waals surface area (Å²) < 4.78 is 24.7. The van der Waals surface area contributed by atoms with Crippen LogP contribution in [-0.2, 0) is 0 Å². The largest absolute Gasteiger partial charge is 0.457 e. The number of hydrogen-bond donors (Lipinski definition) is 0. The minimum absolute atomic E-state index is 0.178. The van der Waals surface area contributed by atoms with Crippen molar-refractivity contribution in [1.29, 1.82) is 0 Å². The van der Waals surface area contributed by atoms with Gasteiger partial charge in [-0.05, 0) is 149 Å². The molecule has 11 rings (SSSR count). The molecule has 0 spiro atoms. The number of hydrogen-bond acceptors (Lipinski definition) is 4. The van der Waals surface area contributed by atoms with E-state index in [1.165, 1.54) is 44.6 Å². The van der Waals surface area contributed by atoms with Crippen LogP contribution in [0.1, 0.15) is 61.8 Å². The number of ether oxygens (including phenoxy) is 1. The number of para-hydroxylation sites is 3. The number of benzene rings is 8. The summed E-state index contributed by atoms with van der Waals surface area (Å²) >= 11 is 0. The lowest BCUT2D eigenvalue weighted by atomic mass is 9.87. The Morgan fingerprint density at radius 1 is 0.515 bits per heavy atom. The van der Waals surface area contributed by atoms with Crippen LogP contribution in [-0.4, -0.2) is 16.2 Å². The first kappa shape index (κ1) is 42.7. The molecule has 0 N–H and O–H groups in total. The van der Waals surface area contributed by atoms with Crippen molar-refractivity contribution in [2.24, 2.45) is 0 Å². The standard InChI is InChI=1S/C62H53FN4O/c1-39(2)53-34-45(50-20-10-12-22-55(50)63)35-54(40(3)4)62(53)66-38-65(57-24-14-15-25-58(57)66)47-32-46(61-41(5)30-44(31-42(61)6)43-18-8-7-9-19-43)33-49(36-47)68-48-27-28-52-51-21-11-13-23-56(51)67(59(52)37-48)60-26-16-17-29-64-60/h7-37,39-40H,38H2,1-6H3. The molecule has 0 bridgehead atoms. The first-order valence-electron chi connectivity index (χ1n) is 23.6. The SMILES string of the molecule is Cc1cc(-c2ccccc2)cc(C)c1-c1cc(Oc2ccc3c4ccccc4n(-c4ccccn4)c3c2)cc(N2CN(c3c(C(C)C)cc(-c4ccccc4F)cc3C(C)C)c3ccccc32)c1. The summed E-state index contributed by atoms with van der Waals surface area (Å²) in [4.78, 5) is 9.65. The Hall–Kier alpha value is -7.96. The molecule has 10 aromatic rings. The van der Waals surface area contributed by atoms with E-state index in [4.69, 9.17) is 9.72 Å². The fourth-order valence-corrected chi connectivity index (χ4v) is 10.4. The Bertz CT molecular complexity index is 3470.